The molecule has 0 saturated heterocycles. The van der Waals surface area contributed by atoms with Crippen molar-refractivity contribution in [2.24, 2.45) is 0 Å². The molecule has 0 aromatic carbocycles. The van der Waals surface area contributed by atoms with E-state index < -0.39 is 17.4 Å². The van der Waals surface area contributed by atoms with Crippen LogP contribution < -0.4 is 0 Å². The zero-order valence-electron chi connectivity index (χ0n) is 12.9. The maximum atomic E-state index is 9.14. The van der Waals surface area contributed by atoms with Gasteiger partial charge in [-0.25, -0.2) is 0 Å². The zero-order valence-corrected chi connectivity index (χ0v) is 16.2. The Morgan fingerprint density at radius 2 is 1.37 bits per heavy atom. The van der Waals surface area contributed by atoms with Crippen molar-refractivity contribution in [1.29, 1.82) is 0 Å². The number of hydrogen-bond donors (Lipinski definition) is 1. The molecule has 0 spiro atoms. The van der Waals surface area contributed by atoms with Crippen LogP contribution in [0, 0.1) is 0 Å². The summed E-state index contributed by atoms with van der Waals surface area (Å²) in [5.74, 6) is 0. The molecule has 0 aromatic rings. The molecule has 0 saturated carbocycles. The van der Waals surface area contributed by atoms with E-state index in [1.165, 1.54) is 0 Å². The second-order valence-electron chi connectivity index (χ2n) is 5.43. The van der Waals surface area contributed by atoms with E-state index in [1.807, 2.05) is 41.5 Å². The first-order valence-electron chi connectivity index (χ1n) is 6.92. The van der Waals surface area contributed by atoms with Crippen LogP contribution in [-0.4, -0.2) is 45.8 Å². The molecule has 114 valence electrons. The van der Waals surface area contributed by atoms with E-state index in [0.29, 0.717) is 6.42 Å². The second-order valence-corrected chi connectivity index (χ2v) is 13.3. The van der Waals surface area contributed by atoms with E-state index >= 15 is 0 Å². The largest absolute Gasteiger partial charge is 0.502 e. The summed E-state index contributed by atoms with van der Waals surface area (Å²) in [7, 11) is -3.31. The zero-order chi connectivity index (χ0) is 15.1. The van der Waals surface area contributed by atoms with Gasteiger partial charge in [-0.15, -0.1) is 0 Å². The van der Waals surface area contributed by atoms with Crippen LogP contribution in [0.5, 0.6) is 0 Å². The van der Waals surface area contributed by atoms with Gasteiger partial charge in [-0.3, -0.25) is 0 Å². The fraction of sp³-hybridized carbons (Fsp3) is 0.917. The lowest BCUT2D eigenvalue weighted by atomic mass is 10.5. The molecular formula is C12H28O4SSi2. The third kappa shape index (κ3) is 9.69. The van der Waals surface area contributed by atoms with E-state index in [2.05, 4.69) is 0 Å². The van der Waals surface area contributed by atoms with Crippen LogP contribution >= 0.6 is 12.2 Å². The van der Waals surface area contributed by atoms with Gasteiger partial charge < -0.3 is 18.4 Å². The molecule has 0 aliphatic heterocycles. The fourth-order valence-corrected chi connectivity index (χ4v) is 11.7. The van der Waals surface area contributed by atoms with E-state index in [9.17, 15) is 0 Å². The van der Waals surface area contributed by atoms with Crippen LogP contribution in [0.1, 0.15) is 48.0 Å². The summed E-state index contributed by atoms with van der Waals surface area (Å²) in [4.78, 5) is 0. The Morgan fingerprint density at radius 3 is 1.63 bits per heavy atom. The predicted octanol–water partition coefficient (Wildman–Crippen LogP) is 2.56. The maximum absolute atomic E-state index is 9.14. The van der Waals surface area contributed by atoms with Crippen LogP contribution in [0.25, 0.3) is 0 Å². The summed E-state index contributed by atoms with van der Waals surface area (Å²) in [6.45, 7) is 12.0. The van der Waals surface area contributed by atoms with Crippen LogP contribution in [-0.2, 0) is 13.3 Å². The van der Waals surface area contributed by atoms with E-state index in [0.717, 1.165) is 6.04 Å². The normalized spacial score (nSPS) is 13.3. The number of thiocarbonyl (C=S) groups is 1. The number of hydrogen-bond acceptors (Lipinski definition) is 4. The molecule has 0 unspecified atom stereocenters. The molecular weight excluding hydrogens is 296 g/mol. The van der Waals surface area contributed by atoms with E-state index in [4.69, 9.17) is 30.6 Å². The summed E-state index contributed by atoms with van der Waals surface area (Å²) in [5, 5.41) is 9.21. The van der Waals surface area contributed by atoms with Crippen molar-refractivity contribution >= 4 is 34.6 Å². The van der Waals surface area contributed by atoms with Gasteiger partial charge in [-0.1, -0.05) is 6.04 Å². The average molecular weight is 325 g/mol. The molecule has 0 aromatic heterocycles. The number of rotatable bonds is 10. The van der Waals surface area contributed by atoms with E-state index in [1.54, 1.807) is 0 Å². The van der Waals surface area contributed by atoms with Crippen molar-refractivity contribution in [2.75, 3.05) is 0 Å². The highest BCUT2D eigenvalue weighted by Gasteiger charge is 2.43. The first-order valence-corrected chi connectivity index (χ1v) is 12.4. The standard InChI is InChI=1S/C12H28O4SSi2/c1-9(2)14-19(15-10(3)4,16-11(5)6)18-8-7-12(13)17/h9-11H,7-8,18H2,1-6H3,(H,13,17). The minimum atomic E-state index is -2.58. The number of aliphatic hydroxyl groups excluding tert-OH is 1. The molecule has 0 fully saturated rings. The second kappa shape index (κ2) is 9.20. The summed E-state index contributed by atoms with van der Waals surface area (Å²) in [6, 6.07) is 0.855. The van der Waals surface area contributed by atoms with Crippen LogP contribution in [0.15, 0.2) is 0 Å². The minimum Gasteiger partial charge on any atom is -0.502 e. The van der Waals surface area contributed by atoms with Crippen molar-refractivity contribution in [1.82, 2.24) is 0 Å². The first-order chi connectivity index (χ1) is 8.67. The highest BCUT2D eigenvalue weighted by atomic mass is 32.1. The van der Waals surface area contributed by atoms with Crippen LogP contribution in [0.4, 0.5) is 0 Å². The number of aliphatic hydroxyl groups is 1. The Morgan fingerprint density at radius 1 is 1.00 bits per heavy atom. The SMILES string of the molecule is CC(C)O[Si](OC(C)C)(OC(C)C)[SiH2]CCC(O)=S. The summed E-state index contributed by atoms with van der Waals surface area (Å²) >= 11 is 4.72. The molecule has 0 rings (SSSR count). The summed E-state index contributed by atoms with van der Waals surface area (Å²) in [5.41, 5.74) is 0. The molecule has 0 amide bonds. The lowest BCUT2D eigenvalue weighted by molar-refractivity contribution is 0.0213. The molecule has 1 N–H and O–H groups in total. The highest BCUT2D eigenvalue weighted by molar-refractivity contribution is 7.80. The van der Waals surface area contributed by atoms with Crippen molar-refractivity contribution in [3.8, 4) is 0 Å². The lowest BCUT2D eigenvalue weighted by Gasteiger charge is -2.34. The van der Waals surface area contributed by atoms with Crippen molar-refractivity contribution in [2.45, 2.75) is 72.3 Å². The Bertz CT molecular complexity index is 246. The van der Waals surface area contributed by atoms with Gasteiger partial charge in [0.1, 0.15) is 9.04 Å². The Balaban J connectivity index is 4.82. The first kappa shape index (κ1) is 19.2. The van der Waals surface area contributed by atoms with Gasteiger partial charge in [-0.2, -0.15) is 0 Å². The van der Waals surface area contributed by atoms with Gasteiger partial charge in [0.15, 0.2) is 5.05 Å². The monoisotopic (exact) mass is 324 g/mol. The topological polar surface area (TPSA) is 47.9 Å². The third-order valence-electron chi connectivity index (χ3n) is 2.12. The van der Waals surface area contributed by atoms with Gasteiger partial charge in [0, 0.05) is 24.7 Å². The molecule has 0 radical (unpaired) electrons. The van der Waals surface area contributed by atoms with Crippen molar-refractivity contribution in [3.63, 3.8) is 0 Å². The van der Waals surface area contributed by atoms with Crippen molar-refractivity contribution in [3.05, 3.63) is 0 Å². The third-order valence-corrected chi connectivity index (χ3v) is 10.5. The molecule has 0 aliphatic rings. The molecule has 0 heterocycles. The quantitative estimate of drug-likeness (QED) is 0.494. The van der Waals surface area contributed by atoms with Gasteiger partial charge >= 0.3 is 8.32 Å². The predicted molar refractivity (Wildman–Crippen MR) is 87.6 cm³/mol. The Labute approximate surface area is 125 Å². The van der Waals surface area contributed by atoms with Gasteiger partial charge in [0.25, 0.3) is 0 Å². The minimum absolute atomic E-state index is 0.0639. The van der Waals surface area contributed by atoms with Gasteiger partial charge in [-0.05, 0) is 53.8 Å². The fourth-order valence-electron chi connectivity index (χ4n) is 1.79. The maximum Gasteiger partial charge on any atom is 0.462 e. The highest BCUT2D eigenvalue weighted by Crippen LogP contribution is 2.18. The molecule has 0 aliphatic carbocycles. The molecule has 0 atom stereocenters. The smallest absolute Gasteiger partial charge is 0.462 e. The molecule has 0 bridgehead atoms. The van der Waals surface area contributed by atoms with Crippen LogP contribution in [0.2, 0.25) is 6.04 Å². The molecule has 7 heteroatoms. The van der Waals surface area contributed by atoms with Crippen molar-refractivity contribution < 1.29 is 18.4 Å². The lowest BCUT2D eigenvalue weighted by Crippen LogP contribution is -2.56. The van der Waals surface area contributed by atoms with Gasteiger partial charge in [0.05, 0.1) is 0 Å². The average Bonchev–Trinajstić information content (AvgIpc) is 2.12. The summed E-state index contributed by atoms with van der Waals surface area (Å²) in [6.07, 6.45) is 0.786. The Kier molecular flexibility index (Phi) is 9.30. The van der Waals surface area contributed by atoms with E-state index in [-0.39, 0.29) is 23.4 Å². The van der Waals surface area contributed by atoms with Crippen LogP contribution in [0.3, 0.4) is 0 Å². The molecule has 19 heavy (non-hydrogen) atoms. The molecule has 4 nitrogen and oxygen atoms in total. The Hall–Kier alpha value is 0.204. The summed E-state index contributed by atoms with van der Waals surface area (Å²) < 4.78 is 18.2. The van der Waals surface area contributed by atoms with Gasteiger partial charge in [0.2, 0.25) is 0 Å².